The van der Waals surface area contributed by atoms with Gasteiger partial charge in [0, 0.05) is 23.0 Å². The molecule has 1 heterocycles. The van der Waals surface area contributed by atoms with Crippen LogP contribution in [0.3, 0.4) is 0 Å². The maximum Gasteiger partial charge on any atom is 0.297 e. The van der Waals surface area contributed by atoms with Gasteiger partial charge in [0.05, 0.1) is 0 Å². The minimum absolute atomic E-state index is 0.163. The van der Waals surface area contributed by atoms with E-state index in [0.717, 1.165) is 15.7 Å². The van der Waals surface area contributed by atoms with Crippen LogP contribution in [0.4, 0.5) is 15.9 Å². The SMILES string of the molecule is Cn1c(SCc2ccc(F)cc2)nnc(Nc2ccc(Br)cc2)c1=O. The number of rotatable bonds is 5. The maximum atomic E-state index is 12.9. The van der Waals surface area contributed by atoms with Gasteiger partial charge in [-0.25, -0.2) is 4.39 Å². The Morgan fingerprint density at radius 2 is 1.80 bits per heavy atom. The molecule has 3 aromatic rings. The molecule has 0 bridgehead atoms. The van der Waals surface area contributed by atoms with E-state index in [2.05, 4.69) is 31.4 Å². The Labute approximate surface area is 156 Å². The number of thioether (sulfide) groups is 1. The van der Waals surface area contributed by atoms with Gasteiger partial charge in [-0.3, -0.25) is 9.36 Å². The highest BCUT2D eigenvalue weighted by molar-refractivity contribution is 9.10. The maximum absolute atomic E-state index is 12.9. The highest BCUT2D eigenvalue weighted by Crippen LogP contribution is 2.20. The number of halogens is 2. The average molecular weight is 421 g/mol. The summed E-state index contributed by atoms with van der Waals surface area (Å²) in [5.74, 6) is 0.460. The summed E-state index contributed by atoms with van der Waals surface area (Å²) in [5, 5.41) is 11.6. The zero-order valence-electron chi connectivity index (χ0n) is 13.2. The van der Waals surface area contributed by atoms with Crippen molar-refractivity contribution in [2.75, 3.05) is 5.32 Å². The molecule has 0 fully saturated rings. The molecule has 0 aliphatic heterocycles. The van der Waals surface area contributed by atoms with Crippen molar-refractivity contribution in [2.45, 2.75) is 10.9 Å². The first kappa shape index (κ1) is 17.6. The number of nitrogens with one attached hydrogen (secondary N) is 1. The van der Waals surface area contributed by atoms with E-state index in [4.69, 9.17) is 0 Å². The van der Waals surface area contributed by atoms with E-state index in [1.165, 1.54) is 28.5 Å². The predicted molar refractivity (Wildman–Crippen MR) is 101 cm³/mol. The fraction of sp³-hybridized carbons (Fsp3) is 0.118. The third-order valence-electron chi connectivity index (χ3n) is 3.42. The lowest BCUT2D eigenvalue weighted by molar-refractivity contribution is 0.627. The Kier molecular flexibility index (Phi) is 5.50. The molecule has 5 nitrogen and oxygen atoms in total. The summed E-state index contributed by atoms with van der Waals surface area (Å²) in [4.78, 5) is 12.4. The number of anilines is 2. The van der Waals surface area contributed by atoms with E-state index in [0.29, 0.717) is 10.9 Å². The van der Waals surface area contributed by atoms with Crippen LogP contribution >= 0.6 is 27.7 Å². The summed E-state index contributed by atoms with van der Waals surface area (Å²) in [6, 6.07) is 13.6. The van der Waals surface area contributed by atoms with Gasteiger partial charge in [-0.1, -0.05) is 39.8 Å². The van der Waals surface area contributed by atoms with Crippen molar-refractivity contribution < 1.29 is 4.39 Å². The Morgan fingerprint density at radius 1 is 1.12 bits per heavy atom. The van der Waals surface area contributed by atoms with Crippen LogP contribution in [0.15, 0.2) is 63.0 Å². The molecule has 128 valence electrons. The van der Waals surface area contributed by atoms with E-state index >= 15 is 0 Å². The summed E-state index contributed by atoms with van der Waals surface area (Å²) in [7, 11) is 1.65. The molecule has 25 heavy (non-hydrogen) atoms. The van der Waals surface area contributed by atoms with Crippen LogP contribution in [0.1, 0.15) is 5.56 Å². The number of benzene rings is 2. The molecular formula is C17H14BrFN4OS. The van der Waals surface area contributed by atoms with Crippen LogP contribution in [0.5, 0.6) is 0 Å². The first-order valence-corrected chi connectivity index (χ1v) is 9.14. The summed E-state index contributed by atoms with van der Waals surface area (Å²) in [5.41, 5.74) is 1.43. The van der Waals surface area contributed by atoms with Gasteiger partial charge >= 0.3 is 0 Å². The van der Waals surface area contributed by atoms with E-state index < -0.39 is 0 Å². The van der Waals surface area contributed by atoms with Gasteiger partial charge in [-0.2, -0.15) is 0 Å². The summed E-state index contributed by atoms with van der Waals surface area (Å²) < 4.78 is 15.3. The fourth-order valence-corrected chi connectivity index (χ4v) is 3.18. The van der Waals surface area contributed by atoms with Crippen LogP contribution in [-0.2, 0) is 12.8 Å². The minimum Gasteiger partial charge on any atom is -0.334 e. The standard InChI is InChI=1S/C17H14BrFN4OS/c1-23-16(24)15(20-14-8-4-12(18)5-9-14)21-22-17(23)25-10-11-2-6-13(19)7-3-11/h2-9H,10H2,1H3,(H,20,21). The van der Waals surface area contributed by atoms with Gasteiger partial charge < -0.3 is 5.32 Å². The number of aromatic nitrogens is 3. The second kappa shape index (κ2) is 7.79. The first-order chi connectivity index (χ1) is 12.0. The summed E-state index contributed by atoms with van der Waals surface area (Å²) >= 11 is 4.73. The average Bonchev–Trinajstić information content (AvgIpc) is 2.61. The molecule has 0 atom stereocenters. The Balaban J connectivity index is 1.74. The van der Waals surface area contributed by atoms with E-state index in [9.17, 15) is 9.18 Å². The lowest BCUT2D eigenvalue weighted by atomic mass is 10.2. The second-order valence-corrected chi connectivity index (χ2v) is 7.10. The molecule has 0 saturated carbocycles. The van der Waals surface area contributed by atoms with Crippen molar-refractivity contribution in [3.05, 3.63) is 74.7 Å². The Bertz CT molecular complexity index is 929. The predicted octanol–water partition coefficient (Wildman–Crippen LogP) is 4.11. The monoisotopic (exact) mass is 420 g/mol. The van der Waals surface area contributed by atoms with Gasteiger partial charge in [0.2, 0.25) is 5.82 Å². The molecule has 1 N–H and O–H groups in total. The van der Waals surface area contributed by atoms with Gasteiger partial charge in [-0.05, 0) is 42.0 Å². The molecule has 1 aromatic heterocycles. The smallest absolute Gasteiger partial charge is 0.297 e. The van der Waals surface area contributed by atoms with Crippen molar-refractivity contribution >= 4 is 39.2 Å². The van der Waals surface area contributed by atoms with Crippen LogP contribution in [0, 0.1) is 5.82 Å². The second-order valence-electron chi connectivity index (χ2n) is 5.24. The number of hydrogen-bond donors (Lipinski definition) is 1. The van der Waals surface area contributed by atoms with Crippen molar-refractivity contribution in [1.82, 2.24) is 14.8 Å². The van der Waals surface area contributed by atoms with Crippen molar-refractivity contribution in [3.63, 3.8) is 0 Å². The quantitative estimate of drug-likeness (QED) is 0.629. The van der Waals surface area contributed by atoms with Crippen LogP contribution < -0.4 is 10.9 Å². The van der Waals surface area contributed by atoms with Gasteiger partial charge in [0.1, 0.15) is 5.82 Å². The number of hydrogen-bond acceptors (Lipinski definition) is 5. The van der Waals surface area contributed by atoms with E-state index in [1.807, 2.05) is 24.3 Å². The zero-order valence-corrected chi connectivity index (χ0v) is 15.6. The molecule has 0 saturated heterocycles. The molecule has 3 rings (SSSR count). The lowest BCUT2D eigenvalue weighted by Crippen LogP contribution is -2.24. The molecule has 0 aliphatic rings. The van der Waals surface area contributed by atoms with Crippen LogP contribution in [0.25, 0.3) is 0 Å². The van der Waals surface area contributed by atoms with Crippen molar-refractivity contribution in [1.29, 1.82) is 0 Å². The molecule has 0 aliphatic carbocycles. The molecule has 0 amide bonds. The van der Waals surface area contributed by atoms with Gasteiger partial charge in [0.25, 0.3) is 5.56 Å². The van der Waals surface area contributed by atoms with Crippen molar-refractivity contribution in [2.24, 2.45) is 7.05 Å². The van der Waals surface area contributed by atoms with Gasteiger partial charge in [0.15, 0.2) is 5.16 Å². The highest BCUT2D eigenvalue weighted by Gasteiger charge is 2.10. The summed E-state index contributed by atoms with van der Waals surface area (Å²) in [6.07, 6.45) is 0. The van der Waals surface area contributed by atoms with Crippen molar-refractivity contribution in [3.8, 4) is 0 Å². The molecule has 8 heteroatoms. The Morgan fingerprint density at radius 3 is 2.48 bits per heavy atom. The zero-order chi connectivity index (χ0) is 17.8. The largest absolute Gasteiger partial charge is 0.334 e. The van der Waals surface area contributed by atoms with Crippen LogP contribution in [-0.4, -0.2) is 14.8 Å². The first-order valence-electron chi connectivity index (χ1n) is 7.36. The minimum atomic E-state index is -0.274. The van der Waals surface area contributed by atoms with Gasteiger partial charge in [-0.15, -0.1) is 10.2 Å². The summed E-state index contributed by atoms with van der Waals surface area (Å²) in [6.45, 7) is 0. The topological polar surface area (TPSA) is 59.8 Å². The third-order valence-corrected chi connectivity index (χ3v) is 5.04. The van der Waals surface area contributed by atoms with E-state index in [-0.39, 0.29) is 17.2 Å². The normalized spacial score (nSPS) is 10.7. The molecule has 0 radical (unpaired) electrons. The van der Waals surface area contributed by atoms with Crippen LogP contribution in [0.2, 0.25) is 0 Å². The lowest BCUT2D eigenvalue weighted by Gasteiger charge is -2.09. The molecule has 0 spiro atoms. The molecule has 0 unspecified atom stereocenters. The fourth-order valence-electron chi connectivity index (χ4n) is 2.05. The molecular weight excluding hydrogens is 407 g/mol. The number of nitrogens with zero attached hydrogens (tertiary/aromatic N) is 3. The Hall–Kier alpha value is -2.19. The molecule has 2 aromatic carbocycles. The third kappa shape index (κ3) is 4.46. The van der Waals surface area contributed by atoms with E-state index in [1.54, 1.807) is 19.2 Å². The highest BCUT2D eigenvalue weighted by atomic mass is 79.9.